The van der Waals surface area contributed by atoms with Crippen LogP contribution in [0.1, 0.15) is 22.0 Å². The van der Waals surface area contributed by atoms with Gasteiger partial charge in [-0.05, 0) is 6.07 Å². The first-order valence-electron chi connectivity index (χ1n) is 4.39. The number of halogens is 3. The van der Waals surface area contributed by atoms with Gasteiger partial charge in [-0.15, -0.1) is 0 Å². The summed E-state index contributed by atoms with van der Waals surface area (Å²) >= 11 is 0. The molecule has 0 N–H and O–H groups in total. The first-order valence-corrected chi connectivity index (χ1v) is 4.39. The fraction of sp³-hybridized carbons (Fsp3) is 0.300. The van der Waals surface area contributed by atoms with Gasteiger partial charge in [-0.3, -0.25) is 0 Å². The summed E-state index contributed by atoms with van der Waals surface area (Å²) in [5.41, 5.74) is -0.343. The highest BCUT2D eigenvalue weighted by molar-refractivity contribution is 5.97. The predicted molar refractivity (Wildman–Crippen MR) is 47.2 cm³/mol. The molecule has 0 fully saturated rings. The Hall–Kier alpha value is -1.72. The summed E-state index contributed by atoms with van der Waals surface area (Å²) in [7, 11) is 1.28. The topological polar surface area (TPSA) is 35.5 Å². The Labute approximate surface area is 88.8 Å². The van der Waals surface area contributed by atoms with Crippen LogP contribution in [0, 0.1) is 0 Å². The smallest absolute Gasteiger partial charge is 0.429 e. The molecule has 16 heavy (non-hydrogen) atoms. The standard InChI is InChI=1S/C10H7F3O3/c1-15-6-4-2-3-5-7(6)9(14)16-8(5)10(11,12)13/h2-4,8H,1H3. The second-order valence-corrected chi connectivity index (χ2v) is 3.25. The minimum atomic E-state index is -4.60. The van der Waals surface area contributed by atoms with E-state index >= 15 is 0 Å². The number of esters is 1. The van der Waals surface area contributed by atoms with Crippen LogP contribution >= 0.6 is 0 Å². The van der Waals surface area contributed by atoms with Crippen LogP contribution in [-0.2, 0) is 4.74 Å². The predicted octanol–water partition coefficient (Wildman–Crippen LogP) is 2.47. The van der Waals surface area contributed by atoms with Crippen molar-refractivity contribution >= 4 is 5.97 Å². The number of alkyl halides is 3. The normalized spacial score (nSPS) is 19.2. The lowest BCUT2D eigenvalue weighted by Crippen LogP contribution is -2.20. The van der Waals surface area contributed by atoms with Gasteiger partial charge in [0, 0.05) is 5.56 Å². The highest BCUT2D eigenvalue weighted by Gasteiger charge is 2.50. The van der Waals surface area contributed by atoms with Gasteiger partial charge >= 0.3 is 12.1 Å². The van der Waals surface area contributed by atoms with Crippen LogP contribution in [0.25, 0.3) is 0 Å². The van der Waals surface area contributed by atoms with Gasteiger partial charge in [0.25, 0.3) is 0 Å². The fourth-order valence-corrected chi connectivity index (χ4v) is 1.63. The van der Waals surface area contributed by atoms with E-state index in [1.54, 1.807) is 0 Å². The molecule has 1 aliphatic rings. The molecule has 3 nitrogen and oxygen atoms in total. The maximum Gasteiger partial charge on any atom is 0.429 e. The Bertz CT molecular complexity index is 439. The number of carbonyl (C=O) groups excluding carboxylic acids is 1. The van der Waals surface area contributed by atoms with Crippen molar-refractivity contribution in [3.63, 3.8) is 0 Å². The Balaban J connectivity index is 2.56. The van der Waals surface area contributed by atoms with Gasteiger partial charge in [0.1, 0.15) is 11.3 Å². The number of cyclic esters (lactones) is 1. The summed E-state index contributed by atoms with van der Waals surface area (Å²) in [6, 6.07) is 4.01. The van der Waals surface area contributed by atoms with Crippen LogP contribution in [0.4, 0.5) is 13.2 Å². The number of fused-ring (bicyclic) bond motifs is 1. The van der Waals surface area contributed by atoms with Crippen molar-refractivity contribution in [3.8, 4) is 5.75 Å². The summed E-state index contributed by atoms with van der Waals surface area (Å²) in [6.07, 6.45) is -6.79. The average molecular weight is 232 g/mol. The molecule has 0 aromatic heterocycles. The molecule has 1 aromatic rings. The summed E-state index contributed by atoms with van der Waals surface area (Å²) in [6.45, 7) is 0. The van der Waals surface area contributed by atoms with Crippen LogP contribution in [0.3, 0.4) is 0 Å². The number of carbonyl (C=O) groups is 1. The first-order chi connectivity index (χ1) is 7.45. The monoisotopic (exact) mass is 232 g/mol. The second-order valence-electron chi connectivity index (χ2n) is 3.25. The lowest BCUT2D eigenvalue weighted by molar-refractivity contribution is -0.203. The fourth-order valence-electron chi connectivity index (χ4n) is 1.63. The maximum absolute atomic E-state index is 12.5. The number of benzene rings is 1. The van der Waals surface area contributed by atoms with E-state index in [1.807, 2.05) is 0 Å². The van der Waals surface area contributed by atoms with Crippen LogP contribution in [0.15, 0.2) is 18.2 Å². The zero-order chi connectivity index (χ0) is 11.9. The molecule has 0 saturated carbocycles. The van der Waals surface area contributed by atoms with Crippen molar-refractivity contribution in [2.24, 2.45) is 0 Å². The van der Waals surface area contributed by atoms with Gasteiger partial charge in [0.2, 0.25) is 6.10 Å². The van der Waals surface area contributed by atoms with Crippen LogP contribution < -0.4 is 4.74 Å². The van der Waals surface area contributed by atoms with E-state index < -0.39 is 18.2 Å². The molecule has 0 aliphatic carbocycles. The van der Waals surface area contributed by atoms with Crippen molar-refractivity contribution in [3.05, 3.63) is 29.3 Å². The molecule has 86 valence electrons. The third kappa shape index (κ3) is 1.50. The number of ether oxygens (including phenoxy) is 2. The molecule has 0 radical (unpaired) electrons. The van der Waals surface area contributed by atoms with E-state index in [2.05, 4.69) is 4.74 Å². The average Bonchev–Trinajstić information content (AvgIpc) is 2.56. The van der Waals surface area contributed by atoms with Crippen molar-refractivity contribution < 1.29 is 27.4 Å². The molecule has 0 saturated heterocycles. The molecular formula is C10H7F3O3. The summed E-state index contributed by atoms with van der Waals surface area (Å²) < 4.78 is 46.7. The third-order valence-electron chi connectivity index (χ3n) is 2.29. The molecule has 1 aliphatic heterocycles. The molecule has 0 spiro atoms. The van der Waals surface area contributed by atoms with Crippen LogP contribution in [-0.4, -0.2) is 19.3 Å². The Morgan fingerprint density at radius 3 is 2.62 bits per heavy atom. The van der Waals surface area contributed by atoms with E-state index in [9.17, 15) is 18.0 Å². The summed E-state index contributed by atoms with van der Waals surface area (Å²) in [5, 5.41) is 0. The highest BCUT2D eigenvalue weighted by atomic mass is 19.4. The first kappa shape index (κ1) is 10.8. The van der Waals surface area contributed by atoms with Crippen molar-refractivity contribution in [2.45, 2.75) is 12.3 Å². The molecule has 0 bridgehead atoms. The van der Waals surface area contributed by atoms with Crippen molar-refractivity contribution in [2.75, 3.05) is 7.11 Å². The van der Waals surface area contributed by atoms with E-state index in [-0.39, 0.29) is 16.9 Å². The minimum Gasteiger partial charge on any atom is -0.496 e. The van der Waals surface area contributed by atoms with E-state index in [1.165, 1.54) is 25.3 Å². The largest absolute Gasteiger partial charge is 0.496 e. The molecule has 1 aromatic carbocycles. The molecule has 6 heteroatoms. The number of methoxy groups -OCH3 is 1. The van der Waals surface area contributed by atoms with Crippen molar-refractivity contribution in [1.82, 2.24) is 0 Å². The lowest BCUT2D eigenvalue weighted by Gasteiger charge is -2.14. The van der Waals surface area contributed by atoms with E-state index in [4.69, 9.17) is 4.74 Å². The SMILES string of the molecule is COc1cccc2c1C(=O)OC2C(F)(F)F. The number of hydrogen-bond acceptors (Lipinski definition) is 3. The maximum atomic E-state index is 12.5. The van der Waals surface area contributed by atoms with Gasteiger partial charge < -0.3 is 9.47 Å². The Morgan fingerprint density at radius 2 is 2.06 bits per heavy atom. The van der Waals surface area contributed by atoms with Gasteiger partial charge in [-0.1, -0.05) is 12.1 Å². The number of hydrogen-bond donors (Lipinski definition) is 0. The van der Waals surface area contributed by atoms with Crippen LogP contribution in [0.5, 0.6) is 5.75 Å². The molecule has 0 amide bonds. The zero-order valence-electron chi connectivity index (χ0n) is 8.17. The second kappa shape index (κ2) is 3.40. The third-order valence-corrected chi connectivity index (χ3v) is 2.29. The highest BCUT2D eigenvalue weighted by Crippen LogP contribution is 2.44. The Morgan fingerprint density at radius 1 is 1.38 bits per heavy atom. The molecule has 1 unspecified atom stereocenters. The zero-order valence-corrected chi connectivity index (χ0v) is 8.17. The quantitative estimate of drug-likeness (QED) is 0.698. The van der Waals surface area contributed by atoms with Gasteiger partial charge in [0.05, 0.1) is 7.11 Å². The summed E-state index contributed by atoms with van der Waals surface area (Å²) in [5.74, 6) is -0.913. The minimum absolute atomic E-state index is 0.0919. The van der Waals surface area contributed by atoms with Crippen molar-refractivity contribution in [1.29, 1.82) is 0 Å². The number of rotatable bonds is 1. The Kier molecular flexibility index (Phi) is 2.29. The molecule has 2 rings (SSSR count). The van der Waals surface area contributed by atoms with E-state index in [0.29, 0.717) is 0 Å². The van der Waals surface area contributed by atoms with Crippen LogP contribution in [0.2, 0.25) is 0 Å². The lowest BCUT2D eigenvalue weighted by atomic mass is 10.0. The summed E-state index contributed by atoms with van der Waals surface area (Å²) in [4.78, 5) is 11.3. The molecular weight excluding hydrogens is 225 g/mol. The van der Waals surface area contributed by atoms with E-state index in [0.717, 1.165) is 0 Å². The van der Waals surface area contributed by atoms with Gasteiger partial charge in [-0.2, -0.15) is 13.2 Å². The van der Waals surface area contributed by atoms with Gasteiger partial charge in [-0.25, -0.2) is 4.79 Å². The van der Waals surface area contributed by atoms with Gasteiger partial charge in [0.15, 0.2) is 0 Å². The molecule has 1 atom stereocenters. The molecule has 1 heterocycles.